The Hall–Kier alpha value is -0.380. The van der Waals surface area contributed by atoms with Crippen molar-refractivity contribution in [2.24, 2.45) is 5.41 Å². The van der Waals surface area contributed by atoms with E-state index in [2.05, 4.69) is 15.9 Å². The molecule has 0 aromatic heterocycles. The van der Waals surface area contributed by atoms with Crippen LogP contribution in [0.3, 0.4) is 0 Å². The van der Waals surface area contributed by atoms with Gasteiger partial charge in [0.1, 0.15) is 0 Å². The third-order valence-corrected chi connectivity index (χ3v) is 4.64. The van der Waals surface area contributed by atoms with E-state index in [0.717, 1.165) is 31.0 Å². The quantitative estimate of drug-likeness (QED) is 0.455. The molecule has 2 amide bonds. The number of unbranched alkanes of at least 4 members (excludes halogenated alkanes) is 1. The Morgan fingerprint density at radius 3 is 2.18 bits per heavy atom. The molecule has 0 N–H and O–H groups in total. The molecule has 96 valence electrons. The summed E-state index contributed by atoms with van der Waals surface area (Å²) in [4.78, 5) is 25.6. The number of amides is 2. The molecule has 1 spiro atoms. The molecule has 1 saturated carbocycles. The Morgan fingerprint density at radius 1 is 1.06 bits per heavy atom. The second kappa shape index (κ2) is 5.51. The zero-order chi connectivity index (χ0) is 12.3. The van der Waals surface area contributed by atoms with Gasteiger partial charge in [0, 0.05) is 24.7 Å². The Kier molecular flexibility index (Phi) is 4.23. The first-order chi connectivity index (χ1) is 8.17. The highest BCUT2D eigenvalue weighted by molar-refractivity contribution is 9.09. The van der Waals surface area contributed by atoms with Gasteiger partial charge in [-0.05, 0) is 31.1 Å². The van der Waals surface area contributed by atoms with Gasteiger partial charge in [0.2, 0.25) is 11.8 Å². The number of hydrogen-bond acceptors (Lipinski definition) is 2. The van der Waals surface area contributed by atoms with E-state index in [-0.39, 0.29) is 17.2 Å². The number of carbonyl (C=O) groups excluding carboxylic acids is 2. The van der Waals surface area contributed by atoms with Gasteiger partial charge in [0.05, 0.1) is 0 Å². The molecule has 2 rings (SSSR count). The predicted octanol–water partition coefficient (Wildman–Crippen LogP) is 2.87. The van der Waals surface area contributed by atoms with Crippen molar-refractivity contribution in [3.63, 3.8) is 0 Å². The Labute approximate surface area is 111 Å². The van der Waals surface area contributed by atoms with Crippen LogP contribution in [0.5, 0.6) is 0 Å². The number of nitrogens with zero attached hydrogens (tertiary/aromatic N) is 1. The maximum absolute atomic E-state index is 12.1. The predicted molar refractivity (Wildman–Crippen MR) is 69.9 cm³/mol. The van der Waals surface area contributed by atoms with Gasteiger partial charge in [-0.1, -0.05) is 28.8 Å². The van der Waals surface area contributed by atoms with E-state index in [1.165, 1.54) is 17.7 Å². The molecule has 1 aliphatic carbocycles. The summed E-state index contributed by atoms with van der Waals surface area (Å²) in [7, 11) is 0. The number of imide groups is 1. The van der Waals surface area contributed by atoms with Gasteiger partial charge in [-0.3, -0.25) is 14.5 Å². The molecule has 1 heterocycles. The van der Waals surface area contributed by atoms with E-state index in [1.807, 2.05) is 0 Å². The van der Waals surface area contributed by atoms with Crippen molar-refractivity contribution in [3.05, 3.63) is 0 Å². The summed E-state index contributed by atoms with van der Waals surface area (Å²) >= 11 is 3.36. The van der Waals surface area contributed by atoms with Gasteiger partial charge in [-0.2, -0.15) is 0 Å². The first kappa shape index (κ1) is 13.1. The summed E-state index contributed by atoms with van der Waals surface area (Å²) in [6.45, 7) is 0.610. The molecule has 1 saturated heterocycles. The molecule has 1 aliphatic heterocycles. The third-order valence-electron chi connectivity index (χ3n) is 4.08. The summed E-state index contributed by atoms with van der Waals surface area (Å²) in [5, 5.41) is 0.938. The number of rotatable bonds is 4. The van der Waals surface area contributed by atoms with Crippen LogP contribution in [0.25, 0.3) is 0 Å². The van der Waals surface area contributed by atoms with E-state index >= 15 is 0 Å². The fourth-order valence-electron chi connectivity index (χ4n) is 3.13. The van der Waals surface area contributed by atoms with E-state index in [1.54, 1.807) is 0 Å². The van der Waals surface area contributed by atoms with Gasteiger partial charge < -0.3 is 0 Å². The molecular weight excluding hydrogens is 282 g/mol. The van der Waals surface area contributed by atoms with Crippen LogP contribution in [-0.4, -0.2) is 28.6 Å². The lowest BCUT2D eigenvalue weighted by Crippen LogP contribution is -2.47. The summed E-state index contributed by atoms with van der Waals surface area (Å²) < 4.78 is 0. The lowest BCUT2D eigenvalue weighted by Gasteiger charge is -2.37. The van der Waals surface area contributed by atoms with Crippen LogP contribution in [0.1, 0.15) is 51.4 Å². The molecule has 2 fully saturated rings. The molecule has 4 heteroatoms. The Balaban J connectivity index is 1.94. The van der Waals surface area contributed by atoms with Crippen LogP contribution >= 0.6 is 15.9 Å². The van der Waals surface area contributed by atoms with Gasteiger partial charge in [-0.15, -0.1) is 0 Å². The smallest absolute Gasteiger partial charge is 0.229 e. The molecule has 0 aromatic carbocycles. The normalized spacial score (nSPS) is 23.7. The minimum absolute atomic E-state index is 0.0418. The third kappa shape index (κ3) is 2.90. The monoisotopic (exact) mass is 301 g/mol. The number of hydrogen-bond donors (Lipinski definition) is 0. The fourth-order valence-corrected chi connectivity index (χ4v) is 3.52. The zero-order valence-electron chi connectivity index (χ0n) is 10.2. The number of likely N-dealkylation sites (tertiary alicyclic amines) is 1. The van der Waals surface area contributed by atoms with Crippen molar-refractivity contribution in [3.8, 4) is 0 Å². The molecule has 0 aromatic rings. The highest BCUT2D eigenvalue weighted by atomic mass is 79.9. The lowest BCUT2D eigenvalue weighted by molar-refractivity contribution is -0.153. The van der Waals surface area contributed by atoms with E-state index in [4.69, 9.17) is 0 Å². The van der Waals surface area contributed by atoms with Crippen molar-refractivity contribution in [1.29, 1.82) is 0 Å². The number of halogens is 1. The van der Waals surface area contributed by atoms with Gasteiger partial charge in [0.25, 0.3) is 0 Å². The topological polar surface area (TPSA) is 37.4 Å². The minimum Gasteiger partial charge on any atom is -0.283 e. The highest BCUT2D eigenvalue weighted by Crippen LogP contribution is 2.46. The van der Waals surface area contributed by atoms with Gasteiger partial charge >= 0.3 is 0 Å². The molecule has 0 bridgehead atoms. The largest absolute Gasteiger partial charge is 0.283 e. The first-order valence-corrected chi connectivity index (χ1v) is 7.68. The van der Waals surface area contributed by atoms with E-state index < -0.39 is 0 Å². The standard InChI is InChI=1S/C13H20BrNO2/c14-7-3-4-8-15-11(16)9-13(10-12(15)17)5-1-2-6-13/h1-10H2. The van der Waals surface area contributed by atoms with Crippen LogP contribution in [0, 0.1) is 5.41 Å². The molecule has 17 heavy (non-hydrogen) atoms. The number of carbonyl (C=O) groups is 2. The van der Waals surface area contributed by atoms with Crippen LogP contribution in [-0.2, 0) is 9.59 Å². The van der Waals surface area contributed by atoms with Crippen molar-refractivity contribution in [2.45, 2.75) is 51.4 Å². The van der Waals surface area contributed by atoms with Crippen LogP contribution in [0.15, 0.2) is 0 Å². The average Bonchev–Trinajstić information content (AvgIpc) is 2.70. The first-order valence-electron chi connectivity index (χ1n) is 6.56. The summed E-state index contributed by atoms with van der Waals surface area (Å²) in [5.41, 5.74) is 0.0418. The lowest BCUT2D eigenvalue weighted by atomic mass is 9.76. The SMILES string of the molecule is O=C1CC2(CCCC2)CC(=O)N1CCCCBr. The van der Waals surface area contributed by atoms with Crippen molar-refractivity contribution in [2.75, 3.05) is 11.9 Å². The zero-order valence-corrected chi connectivity index (χ0v) is 11.8. The molecule has 2 aliphatic rings. The van der Waals surface area contributed by atoms with E-state index in [9.17, 15) is 9.59 Å². The van der Waals surface area contributed by atoms with Crippen molar-refractivity contribution >= 4 is 27.7 Å². The summed E-state index contributed by atoms with van der Waals surface area (Å²) in [6.07, 6.45) is 7.64. The second-order valence-corrected chi connectivity index (χ2v) is 6.19. The summed E-state index contributed by atoms with van der Waals surface area (Å²) in [5.74, 6) is 0.135. The van der Waals surface area contributed by atoms with Gasteiger partial charge in [-0.25, -0.2) is 0 Å². The molecule has 3 nitrogen and oxygen atoms in total. The Morgan fingerprint density at radius 2 is 1.65 bits per heavy atom. The fraction of sp³-hybridized carbons (Fsp3) is 0.846. The minimum atomic E-state index is 0.0418. The van der Waals surface area contributed by atoms with Crippen LogP contribution < -0.4 is 0 Å². The maximum atomic E-state index is 12.1. The maximum Gasteiger partial charge on any atom is 0.229 e. The van der Waals surface area contributed by atoms with Gasteiger partial charge in [0.15, 0.2) is 0 Å². The van der Waals surface area contributed by atoms with Crippen molar-refractivity contribution in [1.82, 2.24) is 4.90 Å². The molecule has 0 unspecified atom stereocenters. The highest BCUT2D eigenvalue weighted by Gasteiger charge is 2.44. The Bertz CT molecular complexity index is 291. The van der Waals surface area contributed by atoms with Crippen molar-refractivity contribution < 1.29 is 9.59 Å². The molecule has 0 radical (unpaired) electrons. The number of piperidine rings is 1. The summed E-state index contributed by atoms with van der Waals surface area (Å²) in [6, 6.07) is 0. The second-order valence-electron chi connectivity index (χ2n) is 5.40. The van der Waals surface area contributed by atoms with Crippen LogP contribution in [0.2, 0.25) is 0 Å². The number of alkyl halides is 1. The van der Waals surface area contributed by atoms with Crippen LogP contribution in [0.4, 0.5) is 0 Å². The average molecular weight is 302 g/mol. The molecule has 0 atom stereocenters. The van der Waals surface area contributed by atoms with E-state index in [0.29, 0.717) is 19.4 Å². The molecular formula is C13H20BrNO2.